The van der Waals surface area contributed by atoms with Crippen LogP contribution in [-0.4, -0.2) is 56.8 Å². The number of halogens is 2. The van der Waals surface area contributed by atoms with Crippen molar-refractivity contribution >= 4 is 39.1 Å². The lowest BCUT2D eigenvalue weighted by Gasteiger charge is -2.34. The van der Waals surface area contributed by atoms with Crippen molar-refractivity contribution in [2.24, 2.45) is 0 Å². The van der Waals surface area contributed by atoms with Crippen LogP contribution in [0.15, 0.2) is 47.4 Å². The molecule has 2 aromatic rings. The molecule has 144 valence electrons. The summed E-state index contributed by atoms with van der Waals surface area (Å²) in [6.45, 7) is 1.02. The average Bonchev–Trinajstić information content (AvgIpc) is 2.69. The molecule has 0 saturated carbocycles. The minimum atomic E-state index is -3.69. The summed E-state index contributed by atoms with van der Waals surface area (Å²) in [7, 11) is -2.16. The number of amides is 1. The summed E-state index contributed by atoms with van der Waals surface area (Å²) < 4.78 is 32.1. The van der Waals surface area contributed by atoms with Gasteiger partial charge in [0.1, 0.15) is 5.75 Å². The van der Waals surface area contributed by atoms with E-state index in [2.05, 4.69) is 0 Å². The Hall–Kier alpha value is -1.80. The van der Waals surface area contributed by atoms with Crippen LogP contribution in [0.25, 0.3) is 0 Å². The first-order chi connectivity index (χ1) is 12.8. The second kappa shape index (κ2) is 8.06. The Balaban J connectivity index is 1.70. The highest BCUT2D eigenvalue weighted by atomic mass is 35.5. The summed E-state index contributed by atoms with van der Waals surface area (Å²) >= 11 is 11.8. The molecule has 0 aromatic heterocycles. The highest BCUT2D eigenvalue weighted by Crippen LogP contribution is 2.27. The number of benzene rings is 2. The molecular weight excluding hydrogens is 411 g/mol. The van der Waals surface area contributed by atoms with Crippen molar-refractivity contribution in [2.45, 2.75) is 4.90 Å². The number of ether oxygens (including phenoxy) is 1. The topological polar surface area (TPSA) is 66.9 Å². The normalized spacial score (nSPS) is 15.6. The van der Waals surface area contributed by atoms with Gasteiger partial charge in [-0.15, -0.1) is 0 Å². The van der Waals surface area contributed by atoms with E-state index in [1.54, 1.807) is 29.2 Å². The van der Waals surface area contributed by atoms with Gasteiger partial charge >= 0.3 is 0 Å². The first kappa shape index (κ1) is 19.9. The molecule has 27 heavy (non-hydrogen) atoms. The third kappa shape index (κ3) is 4.21. The van der Waals surface area contributed by atoms with Gasteiger partial charge in [-0.3, -0.25) is 4.79 Å². The largest absolute Gasteiger partial charge is 0.497 e. The number of nitrogens with zero attached hydrogens (tertiary/aromatic N) is 2. The van der Waals surface area contributed by atoms with Crippen LogP contribution in [0, 0.1) is 0 Å². The fraction of sp³-hybridized carbons (Fsp3) is 0.278. The summed E-state index contributed by atoms with van der Waals surface area (Å²) in [5, 5.41) is 0.480. The van der Waals surface area contributed by atoms with Crippen LogP contribution in [-0.2, 0) is 10.0 Å². The molecule has 0 aliphatic carbocycles. The predicted octanol–water partition coefficient (Wildman–Crippen LogP) is 3.15. The molecule has 1 saturated heterocycles. The number of sulfonamides is 1. The van der Waals surface area contributed by atoms with Crippen LogP contribution in [0.2, 0.25) is 10.0 Å². The Morgan fingerprint density at radius 1 is 1.00 bits per heavy atom. The summed E-state index contributed by atoms with van der Waals surface area (Å²) in [5.41, 5.74) is 0.509. The van der Waals surface area contributed by atoms with Crippen LogP contribution < -0.4 is 4.74 Å². The first-order valence-corrected chi connectivity index (χ1v) is 10.4. The van der Waals surface area contributed by atoms with Gasteiger partial charge in [0, 0.05) is 31.7 Å². The third-order valence-corrected chi connectivity index (χ3v) is 7.01. The molecule has 1 amide bonds. The number of carbonyl (C=O) groups excluding carboxylic acids is 1. The van der Waals surface area contributed by atoms with E-state index in [0.717, 1.165) is 0 Å². The van der Waals surface area contributed by atoms with Gasteiger partial charge in [0.05, 0.1) is 22.1 Å². The van der Waals surface area contributed by atoms with Crippen molar-refractivity contribution in [2.75, 3.05) is 33.3 Å². The highest BCUT2D eigenvalue weighted by Gasteiger charge is 2.30. The summed E-state index contributed by atoms with van der Waals surface area (Å²) in [6, 6.07) is 11.1. The zero-order chi connectivity index (χ0) is 19.6. The van der Waals surface area contributed by atoms with Crippen molar-refractivity contribution in [3.05, 3.63) is 58.1 Å². The van der Waals surface area contributed by atoms with E-state index >= 15 is 0 Å². The molecule has 9 heteroatoms. The third-order valence-electron chi connectivity index (χ3n) is 4.37. The molecule has 2 aromatic carbocycles. The van der Waals surface area contributed by atoms with Crippen LogP contribution >= 0.6 is 23.2 Å². The number of hydrogen-bond acceptors (Lipinski definition) is 4. The maximum Gasteiger partial charge on any atom is 0.254 e. The minimum Gasteiger partial charge on any atom is -0.497 e. The molecule has 1 aliphatic rings. The molecule has 1 heterocycles. The number of hydrogen-bond donors (Lipinski definition) is 0. The van der Waals surface area contributed by atoms with Crippen LogP contribution in [0.4, 0.5) is 0 Å². The van der Waals surface area contributed by atoms with Crippen molar-refractivity contribution < 1.29 is 17.9 Å². The monoisotopic (exact) mass is 428 g/mol. The Bertz CT molecular complexity index is 958. The van der Waals surface area contributed by atoms with Crippen molar-refractivity contribution in [1.29, 1.82) is 0 Å². The first-order valence-electron chi connectivity index (χ1n) is 8.21. The molecule has 0 bridgehead atoms. The highest BCUT2D eigenvalue weighted by molar-refractivity contribution is 7.89. The molecule has 1 fully saturated rings. The lowest BCUT2D eigenvalue weighted by atomic mass is 10.1. The van der Waals surface area contributed by atoms with Crippen molar-refractivity contribution in [3.8, 4) is 5.75 Å². The van der Waals surface area contributed by atoms with Crippen LogP contribution in [0.5, 0.6) is 5.75 Å². The SMILES string of the molecule is COc1cccc(C(=O)N2CCN(S(=O)(=O)c3ccc(Cl)c(Cl)c3)CC2)c1. The van der Waals surface area contributed by atoms with Gasteiger partial charge in [-0.1, -0.05) is 29.3 Å². The second-order valence-electron chi connectivity index (χ2n) is 6.00. The number of rotatable bonds is 4. The average molecular weight is 429 g/mol. The van der Waals surface area contributed by atoms with Gasteiger partial charge in [0.25, 0.3) is 5.91 Å². The fourth-order valence-electron chi connectivity index (χ4n) is 2.86. The molecule has 0 spiro atoms. The van der Waals surface area contributed by atoms with E-state index in [9.17, 15) is 13.2 Å². The molecular formula is C18H18Cl2N2O4S. The van der Waals surface area contributed by atoms with E-state index in [-0.39, 0.29) is 28.9 Å². The van der Waals surface area contributed by atoms with E-state index in [0.29, 0.717) is 29.4 Å². The Labute approximate surface area is 168 Å². The van der Waals surface area contributed by atoms with Gasteiger partial charge in [-0.2, -0.15) is 4.31 Å². The zero-order valence-corrected chi connectivity index (χ0v) is 16.9. The van der Waals surface area contributed by atoms with E-state index < -0.39 is 10.0 Å². The van der Waals surface area contributed by atoms with Gasteiger partial charge in [0.2, 0.25) is 10.0 Å². The molecule has 0 N–H and O–H groups in total. The standard InChI is InChI=1S/C18H18Cl2N2O4S/c1-26-14-4-2-3-13(11-14)18(23)21-7-9-22(10-8-21)27(24,25)15-5-6-16(19)17(20)12-15/h2-6,11-12H,7-10H2,1H3. The number of carbonyl (C=O) groups is 1. The lowest BCUT2D eigenvalue weighted by molar-refractivity contribution is 0.0697. The molecule has 6 nitrogen and oxygen atoms in total. The fourth-order valence-corrected chi connectivity index (χ4v) is 4.67. The second-order valence-corrected chi connectivity index (χ2v) is 8.76. The molecule has 0 unspecified atom stereocenters. The molecule has 1 aliphatic heterocycles. The lowest BCUT2D eigenvalue weighted by Crippen LogP contribution is -2.50. The zero-order valence-electron chi connectivity index (χ0n) is 14.6. The van der Waals surface area contributed by atoms with E-state index in [1.807, 2.05) is 0 Å². The van der Waals surface area contributed by atoms with Gasteiger partial charge in [0.15, 0.2) is 0 Å². The maximum absolute atomic E-state index is 12.8. The Morgan fingerprint density at radius 3 is 2.33 bits per heavy atom. The van der Waals surface area contributed by atoms with E-state index in [1.165, 1.54) is 29.6 Å². The van der Waals surface area contributed by atoms with Gasteiger partial charge in [-0.25, -0.2) is 8.42 Å². The van der Waals surface area contributed by atoms with Crippen molar-refractivity contribution in [1.82, 2.24) is 9.21 Å². The smallest absolute Gasteiger partial charge is 0.254 e. The molecule has 3 rings (SSSR count). The Kier molecular flexibility index (Phi) is 5.95. The summed E-state index contributed by atoms with van der Waals surface area (Å²) in [6.07, 6.45) is 0. The summed E-state index contributed by atoms with van der Waals surface area (Å²) in [5.74, 6) is 0.446. The predicted molar refractivity (Wildman–Crippen MR) is 104 cm³/mol. The Morgan fingerprint density at radius 2 is 1.70 bits per heavy atom. The van der Waals surface area contributed by atoms with E-state index in [4.69, 9.17) is 27.9 Å². The molecule has 0 atom stereocenters. The molecule has 0 radical (unpaired) electrons. The number of methoxy groups -OCH3 is 1. The van der Waals surface area contributed by atoms with Crippen LogP contribution in [0.1, 0.15) is 10.4 Å². The number of piperazine rings is 1. The van der Waals surface area contributed by atoms with Gasteiger partial charge in [-0.05, 0) is 36.4 Å². The summed E-state index contributed by atoms with van der Waals surface area (Å²) in [4.78, 5) is 14.4. The van der Waals surface area contributed by atoms with Crippen molar-refractivity contribution in [3.63, 3.8) is 0 Å². The maximum atomic E-state index is 12.8. The van der Waals surface area contributed by atoms with Gasteiger partial charge < -0.3 is 9.64 Å². The minimum absolute atomic E-state index is 0.0875. The van der Waals surface area contributed by atoms with Crippen LogP contribution in [0.3, 0.4) is 0 Å². The quantitative estimate of drug-likeness (QED) is 0.749.